The molecule has 0 aliphatic carbocycles. The monoisotopic (exact) mass is 279 g/mol. The Hall–Kier alpha value is -2.08. The van der Waals surface area contributed by atoms with Crippen LogP contribution in [0.15, 0.2) is 29.4 Å². The Morgan fingerprint density at radius 2 is 2.30 bits per heavy atom. The van der Waals surface area contributed by atoms with Crippen molar-refractivity contribution in [1.82, 2.24) is 0 Å². The quantitative estimate of drug-likeness (QED) is 0.307. The molecule has 0 aromatic heterocycles. The molecule has 0 saturated carbocycles. The molecule has 0 fully saturated rings. The van der Waals surface area contributed by atoms with Gasteiger partial charge in [-0.05, 0) is 24.1 Å². The molecular formula is C14H21N3O3. The van der Waals surface area contributed by atoms with Crippen LogP contribution < -0.4 is 11.1 Å². The SMILES string of the molecule is CCCC(C(=O)Nc1cccc(COC)c1)C(N)=NO. The van der Waals surface area contributed by atoms with E-state index in [0.29, 0.717) is 18.7 Å². The molecule has 6 nitrogen and oxygen atoms in total. The summed E-state index contributed by atoms with van der Waals surface area (Å²) in [6.45, 7) is 2.41. The maximum absolute atomic E-state index is 12.2. The van der Waals surface area contributed by atoms with Crippen LogP contribution in [0, 0.1) is 5.92 Å². The average molecular weight is 279 g/mol. The van der Waals surface area contributed by atoms with Crippen molar-refractivity contribution in [3.8, 4) is 0 Å². The second-order valence-electron chi connectivity index (χ2n) is 4.49. The summed E-state index contributed by atoms with van der Waals surface area (Å²) in [5.41, 5.74) is 7.18. The molecule has 4 N–H and O–H groups in total. The van der Waals surface area contributed by atoms with Crippen LogP contribution in [0.25, 0.3) is 0 Å². The Morgan fingerprint density at radius 1 is 1.55 bits per heavy atom. The number of anilines is 1. The highest BCUT2D eigenvalue weighted by Crippen LogP contribution is 2.15. The highest BCUT2D eigenvalue weighted by atomic mass is 16.5. The van der Waals surface area contributed by atoms with Crippen LogP contribution in [0.1, 0.15) is 25.3 Å². The first-order valence-electron chi connectivity index (χ1n) is 6.48. The lowest BCUT2D eigenvalue weighted by molar-refractivity contribution is -0.118. The topological polar surface area (TPSA) is 96.9 Å². The molecular weight excluding hydrogens is 258 g/mol. The zero-order chi connectivity index (χ0) is 15.0. The Labute approximate surface area is 118 Å². The molecule has 0 radical (unpaired) electrons. The fourth-order valence-electron chi connectivity index (χ4n) is 1.91. The summed E-state index contributed by atoms with van der Waals surface area (Å²) >= 11 is 0. The normalized spacial score (nSPS) is 13.0. The number of benzene rings is 1. The average Bonchev–Trinajstić information content (AvgIpc) is 2.44. The van der Waals surface area contributed by atoms with Crippen molar-refractivity contribution in [1.29, 1.82) is 0 Å². The van der Waals surface area contributed by atoms with Gasteiger partial charge >= 0.3 is 0 Å². The predicted octanol–water partition coefficient (Wildman–Crippen LogP) is 1.93. The van der Waals surface area contributed by atoms with Crippen molar-refractivity contribution in [2.75, 3.05) is 12.4 Å². The first kappa shape index (κ1) is 16.0. The van der Waals surface area contributed by atoms with Gasteiger partial charge in [-0.2, -0.15) is 0 Å². The number of hydrogen-bond acceptors (Lipinski definition) is 4. The number of amidine groups is 1. The predicted molar refractivity (Wildman–Crippen MR) is 77.6 cm³/mol. The fourth-order valence-corrected chi connectivity index (χ4v) is 1.91. The molecule has 110 valence electrons. The van der Waals surface area contributed by atoms with Crippen LogP contribution in [0.4, 0.5) is 5.69 Å². The second-order valence-corrected chi connectivity index (χ2v) is 4.49. The Kier molecular flexibility index (Phi) is 6.52. The molecule has 20 heavy (non-hydrogen) atoms. The molecule has 1 atom stereocenters. The third kappa shape index (κ3) is 4.55. The number of oxime groups is 1. The van der Waals surface area contributed by atoms with E-state index >= 15 is 0 Å². The molecule has 0 heterocycles. The maximum atomic E-state index is 12.2. The van der Waals surface area contributed by atoms with Gasteiger partial charge in [0.15, 0.2) is 5.84 Å². The largest absolute Gasteiger partial charge is 0.409 e. The summed E-state index contributed by atoms with van der Waals surface area (Å²) in [5.74, 6) is -0.981. The molecule has 6 heteroatoms. The van der Waals surface area contributed by atoms with Gasteiger partial charge in [-0.1, -0.05) is 30.6 Å². The van der Waals surface area contributed by atoms with Crippen molar-refractivity contribution in [3.05, 3.63) is 29.8 Å². The van der Waals surface area contributed by atoms with Gasteiger partial charge in [0.1, 0.15) is 0 Å². The maximum Gasteiger partial charge on any atom is 0.235 e. The van der Waals surface area contributed by atoms with Crippen molar-refractivity contribution in [2.24, 2.45) is 16.8 Å². The molecule has 1 aromatic rings. The molecule has 1 rings (SSSR count). The lowest BCUT2D eigenvalue weighted by Gasteiger charge is -2.15. The number of methoxy groups -OCH3 is 1. The molecule has 0 bridgehead atoms. The standard InChI is InChI=1S/C14H21N3O3/c1-3-5-12(13(15)17-19)14(18)16-11-7-4-6-10(8-11)9-20-2/h4,6-8,12,19H,3,5,9H2,1-2H3,(H2,15,17)(H,16,18). The van der Waals surface area contributed by atoms with Gasteiger partial charge in [0.2, 0.25) is 5.91 Å². The van der Waals surface area contributed by atoms with Crippen molar-refractivity contribution >= 4 is 17.4 Å². The minimum atomic E-state index is -0.629. The van der Waals surface area contributed by atoms with Crippen LogP contribution in [0.3, 0.4) is 0 Å². The summed E-state index contributed by atoms with van der Waals surface area (Å²) in [6.07, 6.45) is 1.29. The van der Waals surface area contributed by atoms with Gasteiger partial charge in [0.05, 0.1) is 12.5 Å². The molecule has 1 aromatic carbocycles. The highest BCUT2D eigenvalue weighted by molar-refractivity contribution is 6.07. The van der Waals surface area contributed by atoms with E-state index in [9.17, 15) is 4.79 Å². The number of carbonyl (C=O) groups excluding carboxylic acids is 1. The summed E-state index contributed by atoms with van der Waals surface area (Å²) in [5, 5.41) is 14.4. The molecule has 0 spiro atoms. The Bertz CT molecular complexity index is 474. The van der Waals surface area contributed by atoms with E-state index in [1.54, 1.807) is 13.2 Å². The Balaban J connectivity index is 2.79. The fraction of sp³-hybridized carbons (Fsp3) is 0.429. The Morgan fingerprint density at radius 3 is 2.90 bits per heavy atom. The van der Waals surface area contributed by atoms with E-state index in [1.165, 1.54) is 0 Å². The summed E-state index contributed by atoms with van der Waals surface area (Å²) < 4.78 is 5.04. The van der Waals surface area contributed by atoms with Gasteiger partial charge in [-0.25, -0.2) is 0 Å². The molecule has 0 saturated heterocycles. The number of amides is 1. The van der Waals surface area contributed by atoms with Crippen LogP contribution in [0.2, 0.25) is 0 Å². The number of carbonyl (C=O) groups is 1. The van der Waals surface area contributed by atoms with E-state index in [1.807, 2.05) is 25.1 Å². The van der Waals surface area contributed by atoms with Crippen molar-refractivity contribution in [2.45, 2.75) is 26.4 Å². The molecule has 0 aliphatic rings. The summed E-state index contributed by atoms with van der Waals surface area (Å²) in [7, 11) is 1.61. The van der Waals surface area contributed by atoms with Crippen LogP contribution in [-0.4, -0.2) is 24.1 Å². The highest BCUT2D eigenvalue weighted by Gasteiger charge is 2.22. The van der Waals surface area contributed by atoms with Gasteiger partial charge in [-0.3, -0.25) is 4.79 Å². The zero-order valence-corrected chi connectivity index (χ0v) is 11.8. The molecule has 0 aliphatic heterocycles. The van der Waals surface area contributed by atoms with E-state index in [2.05, 4.69) is 10.5 Å². The smallest absolute Gasteiger partial charge is 0.235 e. The lowest BCUT2D eigenvalue weighted by atomic mass is 10.0. The van der Waals surface area contributed by atoms with E-state index in [-0.39, 0.29) is 11.7 Å². The van der Waals surface area contributed by atoms with Gasteiger partial charge < -0.3 is 21.0 Å². The first-order valence-corrected chi connectivity index (χ1v) is 6.48. The number of hydrogen-bond donors (Lipinski definition) is 3. The van der Waals surface area contributed by atoms with Crippen molar-refractivity contribution in [3.63, 3.8) is 0 Å². The van der Waals surface area contributed by atoms with Gasteiger partial charge in [0.25, 0.3) is 0 Å². The minimum absolute atomic E-state index is 0.0719. The van der Waals surface area contributed by atoms with E-state index in [0.717, 1.165) is 12.0 Å². The van der Waals surface area contributed by atoms with E-state index < -0.39 is 5.92 Å². The zero-order valence-electron chi connectivity index (χ0n) is 11.8. The third-order valence-corrected chi connectivity index (χ3v) is 2.87. The van der Waals surface area contributed by atoms with Crippen LogP contribution in [0.5, 0.6) is 0 Å². The van der Waals surface area contributed by atoms with Gasteiger partial charge in [0, 0.05) is 12.8 Å². The van der Waals surface area contributed by atoms with Gasteiger partial charge in [-0.15, -0.1) is 0 Å². The lowest BCUT2D eigenvalue weighted by Crippen LogP contribution is -2.34. The summed E-state index contributed by atoms with van der Waals surface area (Å²) in [6, 6.07) is 7.36. The number of nitrogens with two attached hydrogens (primary N) is 1. The second kappa shape index (κ2) is 8.16. The first-order chi connectivity index (χ1) is 9.62. The van der Waals surface area contributed by atoms with Crippen LogP contribution in [-0.2, 0) is 16.1 Å². The molecule has 1 unspecified atom stereocenters. The van der Waals surface area contributed by atoms with Crippen LogP contribution >= 0.6 is 0 Å². The number of nitrogens with one attached hydrogen (secondary N) is 1. The number of nitrogens with zero attached hydrogens (tertiary/aromatic N) is 1. The van der Waals surface area contributed by atoms with Crippen molar-refractivity contribution < 1.29 is 14.7 Å². The van der Waals surface area contributed by atoms with E-state index in [4.69, 9.17) is 15.7 Å². The number of rotatable bonds is 7. The number of ether oxygens (including phenoxy) is 1. The minimum Gasteiger partial charge on any atom is -0.409 e. The molecule has 1 amide bonds. The third-order valence-electron chi connectivity index (χ3n) is 2.87. The summed E-state index contributed by atoms with van der Waals surface area (Å²) in [4.78, 5) is 12.2.